The van der Waals surface area contributed by atoms with Crippen LogP contribution in [-0.4, -0.2) is 9.78 Å². The molecule has 0 saturated heterocycles. The van der Waals surface area contributed by atoms with Gasteiger partial charge in [-0.15, -0.1) is 0 Å². The lowest BCUT2D eigenvalue weighted by molar-refractivity contribution is 0.503. The second-order valence-corrected chi connectivity index (χ2v) is 4.07. The predicted octanol–water partition coefficient (Wildman–Crippen LogP) is 1.25. The molecule has 4 nitrogen and oxygen atoms in total. The van der Waals surface area contributed by atoms with Crippen molar-refractivity contribution in [2.24, 2.45) is 5.73 Å². The Hall–Kier alpha value is -1.94. The molecule has 0 saturated carbocycles. The molecule has 2 aromatic rings. The summed E-state index contributed by atoms with van der Waals surface area (Å²) in [6.07, 6.45) is 1.67. The average molecular weight is 229 g/mol. The third-order valence-corrected chi connectivity index (χ3v) is 2.60. The fraction of sp³-hybridized carbons (Fsp3) is 0.231. The Labute approximate surface area is 99.7 Å². The number of hydrogen-bond donors (Lipinski definition) is 1. The summed E-state index contributed by atoms with van der Waals surface area (Å²) in [5.41, 5.74) is 7.78. The second-order valence-electron chi connectivity index (χ2n) is 4.07. The van der Waals surface area contributed by atoms with Crippen molar-refractivity contribution in [2.75, 3.05) is 0 Å². The van der Waals surface area contributed by atoms with Gasteiger partial charge in [0.25, 0.3) is 5.56 Å². The number of rotatable bonds is 3. The van der Waals surface area contributed by atoms with E-state index in [9.17, 15) is 4.79 Å². The Morgan fingerprint density at radius 3 is 2.71 bits per heavy atom. The van der Waals surface area contributed by atoms with E-state index < -0.39 is 0 Å². The van der Waals surface area contributed by atoms with Gasteiger partial charge in [-0.25, -0.2) is 4.68 Å². The van der Waals surface area contributed by atoms with Crippen LogP contribution in [-0.2, 0) is 6.54 Å². The van der Waals surface area contributed by atoms with Crippen molar-refractivity contribution >= 4 is 0 Å². The summed E-state index contributed by atoms with van der Waals surface area (Å²) in [6.45, 7) is 2.24. The van der Waals surface area contributed by atoms with Crippen molar-refractivity contribution < 1.29 is 0 Å². The maximum absolute atomic E-state index is 11.7. The highest BCUT2D eigenvalue weighted by molar-refractivity contribution is 5.18. The molecular formula is C13H15N3O. The number of aryl methyl sites for hydroxylation is 1. The van der Waals surface area contributed by atoms with Crippen LogP contribution in [0.1, 0.15) is 17.2 Å². The minimum atomic E-state index is -0.218. The molecular weight excluding hydrogens is 214 g/mol. The third kappa shape index (κ3) is 2.79. The van der Waals surface area contributed by atoms with Crippen molar-refractivity contribution in [3.8, 4) is 0 Å². The molecule has 2 N–H and O–H groups in total. The molecule has 0 spiro atoms. The monoisotopic (exact) mass is 229 g/mol. The van der Waals surface area contributed by atoms with Crippen LogP contribution < -0.4 is 11.3 Å². The summed E-state index contributed by atoms with van der Waals surface area (Å²) in [6, 6.07) is 11.0. The number of hydrogen-bond acceptors (Lipinski definition) is 3. The van der Waals surface area contributed by atoms with Crippen LogP contribution in [0.15, 0.2) is 47.4 Å². The lowest BCUT2D eigenvalue weighted by atomic mass is 10.1. The van der Waals surface area contributed by atoms with Gasteiger partial charge >= 0.3 is 0 Å². The van der Waals surface area contributed by atoms with Crippen LogP contribution in [0, 0.1) is 6.92 Å². The molecule has 0 aliphatic rings. The zero-order valence-corrected chi connectivity index (χ0v) is 9.71. The summed E-state index contributed by atoms with van der Waals surface area (Å²) in [5.74, 6) is 0. The minimum Gasteiger partial charge on any atom is -0.322 e. The van der Waals surface area contributed by atoms with Gasteiger partial charge in [0.05, 0.1) is 12.7 Å². The maximum Gasteiger partial charge on any atom is 0.267 e. The van der Waals surface area contributed by atoms with Gasteiger partial charge in [-0.2, -0.15) is 5.10 Å². The normalized spacial score (nSPS) is 12.4. The first kappa shape index (κ1) is 11.5. The van der Waals surface area contributed by atoms with Gasteiger partial charge in [-0.05, 0) is 18.1 Å². The minimum absolute atomic E-state index is 0.114. The second kappa shape index (κ2) is 4.93. The van der Waals surface area contributed by atoms with Crippen LogP contribution in [0.5, 0.6) is 0 Å². The predicted molar refractivity (Wildman–Crippen MR) is 66.6 cm³/mol. The molecule has 2 rings (SSSR count). The van der Waals surface area contributed by atoms with Gasteiger partial charge in [0.15, 0.2) is 0 Å². The Morgan fingerprint density at radius 1 is 1.35 bits per heavy atom. The van der Waals surface area contributed by atoms with E-state index >= 15 is 0 Å². The number of nitrogens with zero attached hydrogens (tertiary/aromatic N) is 2. The van der Waals surface area contributed by atoms with Crippen molar-refractivity contribution in [2.45, 2.75) is 19.5 Å². The summed E-state index contributed by atoms with van der Waals surface area (Å²) >= 11 is 0. The highest BCUT2D eigenvalue weighted by Crippen LogP contribution is 2.10. The highest BCUT2D eigenvalue weighted by atomic mass is 16.1. The van der Waals surface area contributed by atoms with E-state index in [1.165, 1.54) is 4.68 Å². The van der Waals surface area contributed by atoms with Crippen molar-refractivity contribution in [3.63, 3.8) is 0 Å². The van der Waals surface area contributed by atoms with Crippen LogP contribution in [0.25, 0.3) is 0 Å². The first-order chi connectivity index (χ1) is 8.16. The maximum atomic E-state index is 11.7. The first-order valence-electron chi connectivity index (χ1n) is 5.51. The standard InChI is InChI=1S/C13H15N3O/c1-10-7-13(17)16(15-8-10)9-12(14)11-5-3-2-4-6-11/h2-8,12H,9,14H2,1H3. The van der Waals surface area contributed by atoms with Crippen LogP contribution in [0.2, 0.25) is 0 Å². The molecule has 0 fully saturated rings. The van der Waals surface area contributed by atoms with Gasteiger partial charge in [0.1, 0.15) is 0 Å². The molecule has 0 bridgehead atoms. The fourth-order valence-corrected chi connectivity index (χ4v) is 1.65. The smallest absolute Gasteiger partial charge is 0.267 e. The zero-order valence-electron chi connectivity index (χ0n) is 9.71. The van der Waals surface area contributed by atoms with Gasteiger partial charge in [-0.3, -0.25) is 4.79 Å². The molecule has 1 heterocycles. The van der Waals surface area contributed by atoms with Gasteiger partial charge < -0.3 is 5.73 Å². The Morgan fingerprint density at radius 2 is 2.06 bits per heavy atom. The van der Waals surface area contributed by atoms with Crippen LogP contribution in [0.4, 0.5) is 0 Å². The van der Waals surface area contributed by atoms with Crippen LogP contribution in [0.3, 0.4) is 0 Å². The van der Waals surface area contributed by atoms with E-state index in [0.717, 1.165) is 11.1 Å². The van der Waals surface area contributed by atoms with Gasteiger partial charge in [-0.1, -0.05) is 30.3 Å². The highest BCUT2D eigenvalue weighted by Gasteiger charge is 2.07. The van der Waals surface area contributed by atoms with Crippen LogP contribution >= 0.6 is 0 Å². The van der Waals surface area contributed by atoms with E-state index in [-0.39, 0.29) is 11.6 Å². The van der Waals surface area contributed by atoms with E-state index in [4.69, 9.17) is 5.73 Å². The zero-order chi connectivity index (χ0) is 12.3. The average Bonchev–Trinajstić information content (AvgIpc) is 2.34. The summed E-state index contributed by atoms with van der Waals surface area (Å²) in [7, 11) is 0. The largest absolute Gasteiger partial charge is 0.322 e. The Balaban J connectivity index is 2.19. The summed E-state index contributed by atoms with van der Waals surface area (Å²) in [4.78, 5) is 11.7. The molecule has 88 valence electrons. The van der Waals surface area contributed by atoms with Gasteiger partial charge in [0, 0.05) is 12.1 Å². The van der Waals surface area contributed by atoms with E-state index in [1.807, 2.05) is 37.3 Å². The first-order valence-corrected chi connectivity index (χ1v) is 5.51. The molecule has 4 heteroatoms. The summed E-state index contributed by atoms with van der Waals surface area (Å²) < 4.78 is 1.39. The lowest BCUT2D eigenvalue weighted by Crippen LogP contribution is -2.28. The molecule has 0 aliphatic heterocycles. The van der Waals surface area contributed by atoms with E-state index in [0.29, 0.717) is 6.54 Å². The van der Waals surface area contributed by atoms with Crippen molar-refractivity contribution in [3.05, 3.63) is 64.1 Å². The fourth-order valence-electron chi connectivity index (χ4n) is 1.65. The molecule has 1 aromatic carbocycles. The molecule has 0 amide bonds. The molecule has 0 radical (unpaired) electrons. The molecule has 17 heavy (non-hydrogen) atoms. The van der Waals surface area contributed by atoms with Crippen molar-refractivity contribution in [1.29, 1.82) is 0 Å². The van der Waals surface area contributed by atoms with Crippen molar-refractivity contribution in [1.82, 2.24) is 9.78 Å². The van der Waals surface area contributed by atoms with E-state index in [1.54, 1.807) is 12.3 Å². The molecule has 1 unspecified atom stereocenters. The molecule has 0 aliphatic carbocycles. The lowest BCUT2D eigenvalue weighted by Gasteiger charge is -2.12. The quantitative estimate of drug-likeness (QED) is 0.861. The molecule has 1 aromatic heterocycles. The topological polar surface area (TPSA) is 60.9 Å². The SMILES string of the molecule is Cc1cnn(CC(N)c2ccccc2)c(=O)c1. The molecule has 1 atom stereocenters. The summed E-state index contributed by atoms with van der Waals surface area (Å²) in [5, 5.41) is 4.07. The number of benzene rings is 1. The third-order valence-electron chi connectivity index (χ3n) is 2.60. The number of nitrogens with two attached hydrogens (primary N) is 1. The Bertz CT molecular complexity index is 548. The van der Waals surface area contributed by atoms with E-state index in [2.05, 4.69) is 5.10 Å². The Kier molecular flexibility index (Phi) is 3.35. The number of aromatic nitrogens is 2. The van der Waals surface area contributed by atoms with Gasteiger partial charge in [0.2, 0.25) is 0 Å².